The summed E-state index contributed by atoms with van der Waals surface area (Å²) < 4.78 is 6.98. The van der Waals surface area contributed by atoms with Gasteiger partial charge in [-0.1, -0.05) is 60.1 Å². The lowest BCUT2D eigenvalue weighted by Crippen LogP contribution is -1.98. The fourth-order valence-corrected chi connectivity index (χ4v) is 2.54. The van der Waals surface area contributed by atoms with Crippen LogP contribution >= 0.6 is 15.9 Å². The van der Waals surface area contributed by atoms with Gasteiger partial charge in [0.1, 0.15) is 12.4 Å². The van der Waals surface area contributed by atoms with E-state index < -0.39 is 0 Å². The largest absolute Gasteiger partial charge is 0.488 e. The predicted octanol–water partition coefficient (Wildman–Crippen LogP) is 5.67. The molecular formula is C17H21BrO. The molecule has 0 N–H and O–H groups in total. The summed E-state index contributed by atoms with van der Waals surface area (Å²) in [5.74, 6) is 0.983. The van der Waals surface area contributed by atoms with Crippen LogP contribution in [0.1, 0.15) is 30.5 Å². The predicted molar refractivity (Wildman–Crippen MR) is 85.7 cm³/mol. The number of hydrogen-bond acceptors (Lipinski definition) is 1. The molecule has 0 radical (unpaired) electrons. The fraction of sp³-hybridized carbons (Fsp3) is 0.294. The van der Waals surface area contributed by atoms with Crippen LogP contribution in [0.4, 0.5) is 0 Å². The lowest BCUT2D eigenvalue weighted by atomic mass is 10.1. The maximum absolute atomic E-state index is 5.89. The molecule has 0 aliphatic heterocycles. The fourth-order valence-electron chi connectivity index (χ4n) is 1.85. The van der Waals surface area contributed by atoms with Crippen molar-refractivity contribution in [2.45, 2.75) is 34.3 Å². The Labute approximate surface area is 124 Å². The van der Waals surface area contributed by atoms with Crippen LogP contribution < -0.4 is 4.74 Å². The van der Waals surface area contributed by atoms with E-state index in [1.165, 1.54) is 5.56 Å². The topological polar surface area (TPSA) is 9.23 Å². The molecule has 2 aromatic carbocycles. The van der Waals surface area contributed by atoms with E-state index in [1.54, 1.807) is 0 Å². The molecule has 0 saturated carbocycles. The van der Waals surface area contributed by atoms with Crippen molar-refractivity contribution < 1.29 is 4.74 Å². The van der Waals surface area contributed by atoms with E-state index in [4.69, 9.17) is 4.74 Å². The average Bonchev–Trinajstić information content (AvgIpc) is 2.41. The maximum atomic E-state index is 5.89. The second-order valence-corrected chi connectivity index (χ2v) is 5.06. The number of hydrogen-bond donors (Lipinski definition) is 0. The molecule has 0 heterocycles. The van der Waals surface area contributed by atoms with Gasteiger partial charge in [0.15, 0.2) is 0 Å². The van der Waals surface area contributed by atoms with Crippen LogP contribution in [-0.4, -0.2) is 0 Å². The minimum Gasteiger partial charge on any atom is -0.488 e. The highest BCUT2D eigenvalue weighted by Crippen LogP contribution is 2.27. The van der Waals surface area contributed by atoms with Crippen LogP contribution in [0.15, 0.2) is 46.9 Å². The van der Waals surface area contributed by atoms with Crippen LogP contribution in [-0.2, 0) is 6.61 Å². The molecular weight excluding hydrogens is 300 g/mol. The van der Waals surface area contributed by atoms with Crippen molar-refractivity contribution in [3.05, 3.63) is 63.6 Å². The van der Waals surface area contributed by atoms with Gasteiger partial charge in [0.2, 0.25) is 0 Å². The van der Waals surface area contributed by atoms with Crippen LogP contribution in [0.2, 0.25) is 0 Å². The Bertz CT molecular complexity index is 483. The molecule has 0 bridgehead atoms. The Hall–Kier alpha value is -1.28. The van der Waals surface area contributed by atoms with Gasteiger partial charge in [0, 0.05) is 4.47 Å². The highest BCUT2D eigenvalue weighted by atomic mass is 79.9. The summed E-state index contributed by atoms with van der Waals surface area (Å²) >= 11 is 3.49. The number of halogens is 1. The van der Waals surface area contributed by atoms with E-state index >= 15 is 0 Å². The summed E-state index contributed by atoms with van der Waals surface area (Å²) in [4.78, 5) is 0. The van der Waals surface area contributed by atoms with Gasteiger partial charge in [-0.25, -0.2) is 0 Å². The van der Waals surface area contributed by atoms with Crippen molar-refractivity contribution in [1.29, 1.82) is 0 Å². The van der Waals surface area contributed by atoms with Crippen LogP contribution in [0.5, 0.6) is 5.75 Å². The first-order valence-electron chi connectivity index (χ1n) is 6.60. The van der Waals surface area contributed by atoms with Crippen molar-refractivity contribution in [2.24, 2.45) is 0 Å². The van der Waals surface area contributed by atoms with Crippen LogP contribution in [0, 0.1) is 13.8 Å². The Morgan fingerprint density at radius 3 is 2.00 bits per heavy atom. The second kappa shape index (κ2) is 8.00. The van der Waals surface area contributed by atoms with Gasteiger partial charge in [-0.05, 0) is 42.7 Å². The molecule has 0 spiro atoms. The third-order valence-corrected chi connectivity index (χ3v) is 3.11. The van der Waals surface area contributed by atoms with Gasteiger partial charge >= 0.3 is 0 Å². The van der Waals surface area contributed by atoms with Crippen molar-refractivity contribution in [2.75, 3.05) is 0 Å². The second-order valence-electron chi connectivity index (χ2n) is 4.14. The lowest BCUT2D eigenvalue weighted by Gasteiger charge is -2.12. The smallest absolute Gasteiger partial charge is 0.125 e. The van der Waals surface area contributed by atoms with Crippen molar-refractivity contribution in [3.63, 3.8) is 0 Å². The monoisotopic (exact) mass is 320 g/mol. The molecule has 0 amide bonds. The van der Waals surface area contributed by atoms with E-state index in [9.17, 15) is 0 Å². The summed E-state index contributed by atoms with van der Waals surface area (Å²) in [7, 11) is 0. The zero-order valence-corrected chi connectivity index (χ0v) is 13.6. The van der Waals surface area contributed by atoms with E-state index in [0.717, 1.165) is 21.3 Å². The molecule has 2 rings (SSSR count). The minimum absolute atomic E-state index is 0.615. The number of benzene rings is 2. The summed E-state index contributed by atoms with van der Waals surface area (Å²) in [6.45, 7) is 8.75. The SMILES string of the molecule is CC.Cc1cc(Br)cc(C)c1OCc1ccccc1. The first kappa shape index (κ1) is 15.8. The van der Waals surface area contributed by atoms with Gasteiger partial charge in [-0.15, -0.1) is 0 Å². The Morgan fingerprint density at radius 1 is 0.947 bits per heavy atom. The molecule has 0 aliphatic rings. The molecule has 2 aromatic rings. The zero-order chi connectivity index (χ0) is 14.3. The molecule has 0 atom stereocenters. The van der Waals surface area contributed by atoms with E-state index in [2.05, 4.69) is 54.0 Å². The summed E-state index contributed by atoms with van der Waals surface area (Å²) in [6, 6.07) is 14.4. The molecule has 0 aliphatic carbocycles. The van der Waals surface area contributed by atoms with E-state index in [-0.39, 0.29) is 0 Å². The van der Waals surface area contributed by atoms with Crippen molar-refractivity contribution in [3.8, 4) is 5.75 Å². The van der Waals surface area contributed by atoms with Gasteiger partial charge < -0.3 is 4.74 Å². The molecule has 0 unspecified atom stereocenters. The summed E-state index contributed by atoms with van der Waals surface area (Å²) in [5.41, 5.74) is 3.51. The van der Waals surface area contributed by atoms with Gasteiger partial charge in [0.25, 0.3) is 0 Å². The highest BCUT2D eigenvalue weighted by molar-refractivity contribution is 9.10. The maximum Gasteiger partial charge on any atom is 0.125 e. The van der Waals surface area contributed by atoms with E-state index in [1.807, 2.05) is 32.0 Å². The molecule has 0 fully saturated rings. The summed E-state index contributed by atoms with van der Waals surface area (Å²) in [5, 5.41) is 0. The van der Waals surface area contributed by atoms with Crippen molar-refractivity contribution >= 4 is 15.9 Å². The standard InChI is InChI=1S/C15H15BrO.C2H6/c1-11-8-14(16)9-12(2)15(11)17-10-13-6-4-3-5-7-13;1-2/h3-9H,10H2,1-2H3;1-2H3. The first-order valence-corrected chi connectivity index (χ1v) is 7.39. The van der Waals surface area contributed by atoms with Gasteiger partial charge in [0.05, 0.1) is 0 Å². The lowest BCUT2D eigenvalue weighted by molar-refractivity contribution is 0.302. The normalized spacial score (nSPS) is 9.53. The van der Waals surface area contributed by atoms with Gasteiger partial charge in [-0.3, -0.25) is 0 Å². The third kappa shape index (κ3) is 4.71. The molecule has 102 valence electrons. The number of ether oxygens (including phenoxy) is 1. The van der Waals surface area contributed by atoms with Crippen molar-refractivity contribution in [1.82, 2.24) is 0 Å². The van der Waals surface area contributed by atoms with Gasteiger partial charge in [-0.2, -0.15) is 0 Å². The molecule has 2 heteroatoms. The summed E-state index contributed by atoms with van der Waals surface area (Å²) in [6.07, 6.45) is 0. The highest BCUT2D eigenvalue weighted by Gasteiger charge is 2.05. The Morgan fingerprint density at radius 2 is 1.47 bits per heavy atom. The third-order valence-electron chi connectivity index (χ3n) is 2.65. The molecule has 0 saturated heterocycles. The number of rotatable bonds is 3. The van der Waals surface area contributed by atoms with E-state index in [0.29, 0.717) is 6.61 Å². The quantitative estimate of drug-likeness (QED) is 0.707. The first-order chi connectivity index (χ1) is 9.16. The number of aryl methyl sites for hydroxylation is 2. The Kier molecular flexibility index (Phi) is 6.65. The Balaban J connectivity index is 0.000000861. The minimum atomic E-state index is 0.615. The average molecular weight is 321 g/mol. The van der Waals surface area contributed by atoms with Crippen LogP contribution in [0.3, 0.4) is 0 Å². The molecule has 1 nitrogen and oxygen atoms in total. The zero-order valence-electron chi connectivity index (χ0n) is 12.0. The molecule has 0 aromatic heterocycles. The molecule has 19 heavy (non-hydrogen) atoms. The van der Waals surface area contributed by atoms with Crippen LogP contribution in [0.25, 0.3) is 0 Å².